The third kappa shape index (κ3) is 4.72. The number of carbonyl (C=O) groups is 4. The molecule has 1 aromatic rings. The molecule has 0 aromatic heterocycles. The van der Waals surface area contributed by atoms with Crippen LogP contribution in [-0.2, 0) is 19.1 Å². The number of ether oxygens (including phenoxy) is 1. The molecule has 2 N–H and O–H groups in total. The van der Waals surface area contributed by atoms with Crippen LogP contribution < -0.4 is 10.6 Å². The lowest BCUT2D eigenvalue weighted by Crippen LogP contribution is -2.41. The number of imide groups is 1. The largest absolute Gasteiger partial charge is 0.454 e. The average molecular weight is 365 g/mol. The number of thioether (sulfide) groups is 1. The van der Waals surface area contributed by atoms with E-state index in [1.165, 1.54) is 13.8 Å². The average Bonchev–Trinajstić information content (AvgIpc) is 2.75. The first-order valence-corrected chi connectivity index (χ1v) is 8.69. The third-order valence-corrected chi connectivity index (χ3v) is 4.21. The number of benzene rings is 1. The predicted octanol–water partition coefficient (Wildman–Crippen LogP) is 1.22. The monoisotopic (exact) mass is 365 g/mol. The van der Waals surface area contributed by atoms with Gasteiger partial charge in [0.05, 0.1) is 0 Å². The fraction of sp³-hybridized carbons (Fsp3) is 0.375. The van der Waals surface area contributed by atoms with E-state index >= 15 is 0 Å². The van der Waals surface area contributed by atoms with Gasteiger partial charge in [0.2, 0.25) is 0 Å². The van der Waals surface area contributed by atoms with Crippen molar-refractivity contribution in [1.29, 1.82) is 0 Å². The quantitative estimate of drug-likeness (QED) is 0.446. The molecule has 4 amide bonds. The number of hydrogen-bond donors (Lipinski definition) is 2. The zero-order chi connectivity index (χ0) is 18.6. The summed E-state index contributed by atoms with van der Waals surface area (Å²) in [5.74, 6) is -1.87. The van der Waals surface area contributed by atoms with E-state index in [9.17, 15) is 19.2 Å². The maximum absolute atomic E-state index is 12.0. The highest BCUT2D eigenvalue weighted by Crippen LogP contribution is 2.18. The minimum absolute atomic E-state index is 0.504. The van der Waals surface area contributed by atoms with Gasteiger partial charge in [-0.15, -0.1) is 11.8 Å². The molecule has 134 valence electrons. The van der Waals surface area contributed by atoms with E-state index in [1.54, 1.807) is 23.9 Å². The van der Waals surface area contributed by atoms with Crippen molar-refractivity contribution in [1.82, 2.24) is 10.2 Å². The maximum atomic E-state index is 12.0. The van der Waals surface area contributed by atoms with Gasteiger partial charge in [0.1, 0.15) is 12.1 Å². The normalized spacial score (nSPS) is 15.7. The number of nitrogens with one attached hydrogen (secondary N) is 2. The van der Waals surface area contributed by atoms with E-state index in [-0.39, 0.29) is 0 Å². The highest BCUT2D eigenvalue weighted by Gasteiger charge is 2.45. The molecular weight excluding hydrogens is 346 g/mol. The van der Waals surface area contributed by atoms with Crippen LogP contribution in [0.1, 0.15) is 13.8 Å². The second kappa shape index (κ2) is 7.56. The van der Waals surface area contributed by atoms with E-state index in [0.717, 1.165) is 9.80 Å². The molecule has 1 heterocycles. The summed E-state index contributed by atoms with van der Waals surface area (Å²) in [6.45, 7) is 2.03. The Morgan fingerprint density at radius 2 is 1.88 bits per heavy atom. The molecule has 9 heteroatoms. The van der Waals surface area contributed by atoms with E-state index in [2.05, 4.69) is 10.6 Å². The minimum atomic E-state index is -1.06. The van der Waals surface area contributed by atoms with Gasteiger partial charge >= 0.3 is 12.0 Å². The lowest BCUT2D eigenvalue weighted by molar-refractivity contribution is -0.150. The summed E-state index contributed by atoms with van der Waals surface area (Å²) in [7, 11) is 0. The van der Waals surface area contributed by atoms with Gasteiger partial charge in [0, 0.05) is 10.6 Å². The predicted molar refractivity (Wildman–Crippen MR) is 92.1 cm³/mol. The van der Waals surface area contributed by atoms with Gasteiger partial charge < -0.3 is 15.4 Å². The standard InChI is InChI=1S/C16H19N3O5S/c1-16(2)14(22)19(15(23)18-16)8-13(21)24-9-12(20)17-10-4-6-11(25-3)7-5-10/h4-7H,8-9H2,1-3H3,(H,17,20)(H,18,23). The molecule has 0 aliphatic carbocycles. The van der Waals surface area contributed by atoms with Gasteiger partial charge in [0.25, 0.3) is 11.8 Å². The Labute approximate surface area is 149 Å². The molecule has 1 aromatic carbocycles. The Kier molecular flexibility index (Phi) is 5.68. The number of urea groups is 1. The molecule has 0 spiro atoms. The van der Waals surface area contributed by atoms with Gasteiger partial charge in [-0.25, -0.2) is 4.79 Å². The molecule has 0 unspecified atom stereocenters. The van der Waals surface area contributed by atoms with Crippen LogP contribution in [0.15, 0.2) is 29.2 Å². The first-order valence-electron chi connectivity index (χ1n) is 7.46. The van der Waals surface area contributed by atoms with Crippen molar-refractivity contribution >= 4 is 41.3 Å². The molecule has 0 saturated carbocycles. The number of amides is 4. The Morgan fingerprint density at radius 1 is 1.24 bits per heavy atom. The number of hydrogen-bond acceptors (Lipinski definition) is 6. The van der Waals surface area contributed by atoms with E-state index in [0.29, 0.717) is 5.69 Å². The molecule has 1 aliphatic heterocycles. The molecule has 8 nitrogen and oxygen atoms in total. The first-order chi connectivity index (χ1) is 11.7. The van der Waals surface area contributed by atoms with Crippen molar-refractivity contribution in [3.05, 3.63) is 24.3 Å². The van der Waals surface area contributed by atoms with Crippen molar-refractivity contribution in [2.45, 2.75) is 24.3 Å². The molecule has 2 rings (SSSR count). The van der Waals surface area contributed by atoms with Crippen molar-refractivity contribution in [2.24, 2.45) is 0 Å². The van der Waals surface area contributed by atoms with Crippen molar-refractivity contribution < 1.29 is 23.9 Å². The molecule has 1 saturated heterocycles. The van der Waals surface area contributed by atoms with E-state index in [4.69, 9.17) is 4.74 Å². The summed E-state index contributed by atoms with van der Waals surface area (Å²) in [5.41, 5.74) is -0.479. The summed E-state index contributed by atoms with van der Waals surface area (Å²) >= 11 is 1.58. The van der Waals surface area contributed by atoms with Crippen LogP contribution in [0.3, 0.4) is 0 Å². The van der Waals surface area contributed by atoms with Crippen LogP contribution in [-0.4, -0.2) is 53.7 Å². The number of rotatable bonds is 6. The Morgan fingerprint density at radius 3 is 2.40 bits per heavy atom. The number of nitrogens with zero attached hydrogens (tertiary/aromatic N) is 1. The Balaban J connectivity index is 1.80. The van der Waals surface area contributed by atoms with Crippen LogP contribution in [0.25, 0.3) is 0 Å². The molecule has 1 fully saturated rings. The lowest BCUT2D eigenvalue weighted by atomic mass is 10.1. The van der Waals surface area contributed by atoms with Gasteiger partial charge in [-0.05, 0) is 44.4 Å². The second-order valence-electron chi connectivity index (χ2n) is 5.88. The lowest BCUT2D eigenvalue weighted by Gasteiger charge is -2.15. The summed E-state index contributed by atoms with van der Waals surface area (Å²) in [5, 5.41) is 5.04. The Hall–Kier alpha value is -2.55. The smallest absolute Gasteiger partial charge is 0.326 e. The van der Waals surface area contributed by atoms with Crippen LogP contribution in [0.2, 0.25) is 0 Å². The van der Waals surface area contributed by atoms with Gasteiger partial charge in [-0.3, -0.25) is 19.3 Å². The Bertz CT molecular complexity index is 702. The SMILES string of the molecule is CSc1ccc(NC(=O)COC(=O)CN2C(=O)NC(C)(C)C2=O)cc1. The van der Waals surface area contributed by atoms with Crippen molar-refractivity contribution in [2.75, 3.05) is 24.7 Å². The van der Waals surface area contributed by atoms with E-state index < -0.39 is 42.5 Å². The molecular formula is C16H19N3O5S. The third-order valence-electron chi connectivity index (χ3n) is 3.47. The first kappa shape index (κ1) is 18.8. The molecule has 25 heavy (non-hydrogen) atoms. The molecule has 0 radical (unpaired) electrons. The fourth-order valence-corrected chi connectivity index (χ4v) is 2.56. The second-order valence-corrected chi connectivity index (χ2v) is 6.76. The molecule has 1 aliphatic rings. The molecule has 0 bridgehead atoms. The number of anilines is 1. The van der Waals surface area contributed by atoms with Crippen molar-refractivity contribution in [3.8, 4) is 0 Å². The van der Waals surface area contributed by atoms with Crippen LogP contribution in [0.4, 0.5) is 10.5 Å². The summed E-state index contributed by atoms with van der Waals surface area (Å²) in [4.78, 5) is 49.0. The topological polar surface area (TPSA) is 105 Å². The van der Waals surface area contributed by atoms with Crippen LogP contribution in [0, 0.1) is 0 Å². The summed E-state index contributed by atoms with van der Waals surface area (Å²) < 4.78 is 4.82. The fourth-order valence-electron chi connectivity index (χ4n) is 2.15. The van der Waals surface area contributed by atoms with Crippen LogP contribution in [0.5, 0.6) is 0 Å². The van der Waals surface area contributed by atoms with Gasteiger partial charge in [-0.1, -0.05) is 0 Å². The zero-order valence-electron chi connectivity index (χ0n) is 14.1. The molecule has 0 atom stereocenters. The van der Waals surface area contributed by atoms with Gasteiger partial charge in [-0.2, -0.15) is 0 Å². The number of esters is 1. The summed E-state index contributed by atoms with van der Waals surface area (Å²) in [6, 6.07) is 6.52. The zero-order valence-corrected chi connectivity index (χ0v) is 14.9. The minimum Gasteiger partial charge on any atom is -0.454 e. The highest BCUT2D eigenvalue weighted by molar-refractivity contribution is 7.98. The van der Waals surface area contributed by atoms with Crippen molar-refractivity contribution in [3.63, 3.8) is 0 Å². The highest BCUT2D eigenvalue weighted by atomic mass is 32.2. The van der Waals surface area contributed by atoms with Crippen LogP contribution >= 0.6 is 11.8 Å². The maximum Gasteiger partial charge on any atom is 0.326 e. The van der Waals surface area contributed by atoms with E-state index in [1.807, 2.05) is 18.4 Å². The summed E-state index contributed by atoms with van der Waals surface area (Å²) in [6.07, 6.45) is 1.94. The number of carbonyl (C=O) groups excluding carboxylic acids is 4. The van der Waals surface area contributed by atoms with Gasteiger partial charge in [0.15, 0.2) is 6.61 Å².